The predicted octanol–water partition coefficient (Wildman–Crippen LogP) is 4.50. The third kappa shape index (κ3) is 7.98. The van der Waals surface area contributed by atoms with Crippen LogP contribution >= 0.6 is 11.6 Å². The van der Waals surface area contributed by atoms with Crippen LogP contribution in [0.1, 0.15) is 65.2 Å². The summed E-state index contributed by atoms with van der Waals surface area (Å²) in [6, 6.07) is -0.0174. The molecule has 96 valence electrons. The molecule has 0 aliphatic carbocycles. The van der Waals surface area contributed by atoms with Crippen molar-refractivity contribution in [2.75, 3.05) is 6.07 Å². The second-order valence-electron chi connectivity index (χ2n) is 4.26. The maximum absolute atomic E-state index is 11.6. The van der Waals surface area contributed by atoms with Crippen molar-refractivity contribution in [1.82, 2.24) is 0 Å². The number of esters is 1. The minimum Gasteiger partial charge on any atom is -0.449 e. The molecule has 0 N–H and O–H groups in total. The first-order valence-corrected chi connectivity index (χ1v) is 7.02. The predicted molar refractivity (Wildman–Crippen MR) is 68.6 cm³/mol. The second kappa shape index (κ2) is 11.3. The molecule has 16 heavy (non-hydrogen) atoms. The van der Waals surface area contributed by atoms with Gasteiger partial charge in [-0.05, 0) is 12.8 Å². The molecule has 0 radical (unpaired) electrons. The Balaban J connectivity index is 3.84. The average Bonchev–Trinajstić information content (AvgIpc) is 2.28. The average molecular weight is 249 g/mol. The number of hydrogen-bond donors (Lipinski definition) is 0. The SMILES string of the molecule is CCCCCCC(CCCC)C(=O)OCCl. The highest BCUT2D eigenvalue weighted by Crippen LogP contribution is 2.19. The van der Waals surface area contributed by atoms with E-state index in [1.807, 2.05) is 0 Å². The van der Waals surface area contributed by atoms with Crippen LogP contribution in [-0.2, 0) is 9.53 Å². The first-order chi connectivity index (χ1) is 7.76. The molecular formula is C13H25ClO2. The van der Waals surface area contributed by atoms with Gasteiger partial charge in [-0.15, -0.1) is 0 Å². The second-order valence-corrected chi connectivity index (χ2v) is 4.48. The number of carbonyl (C=O) groups is 1. The van der Waals surface area contributed by atoms with Gasteiger partial charge in [-0.3, -0.25) is 4.79 Å². The highest BCUT2D eigenvalue weighted by atomic mass is 35.5. The summed E-state index contributed by atoms with van der Waals surface area (Å²) in [5, 5.41) is 0. The number of alkyl halides is 1. The van der Waals surface area contributed by atoms with Crippen LogP contribution < -0.4 is 0 Å². The molecule has 0 aliphatic heterocycles. The van der Waals surface area contributed by atoms with Gasteiger partial charge in [-0.25, -0.2) is 0 Å². The molecule has 0 bridgehead atoms. The minimum absolute atomic E-state index is 0.0174. The van der Waals surface area contributed by atoms with Crippen LogP contribution in [-0.4, -0.2) is 12.0 Å². The summed E-state index contributed by atoms with van der Waals surface area (Å²) in [7, 11) is 0. The first-order valence-electron chi connectivity index (χ1n) is 6.48. The molecule has 0 aromatic heterocycles. The molecule has 0 heterocycles. The van der Waals surface area contributed by atoms with Crippen molar-refractivity contribution in [2.24, 2.45) is 5.92 Å². The fraction of sp³-hybridized carbons (Fsp3) is 0.923. The first kappa shape index (κ1) is 15.8. The summed E-state index contributed by atoms with van der Waals surface area (Å²) >= 11 is 5.42. The van der Waals surface area contributed by atoms with Gasteiger partial charge in [0.1, 0.15) is 0 Å². The van der Waals surface area contributed by atoms with Gasteiger partial charge >= 0.3 is 5.97 Å². The quantitative estimate of drug-likeness (QED) is 0.323. The molecule has 0 rings (SSSR count). The van der Waals surface area contributed by atoms with Crippen molar-refractivity contribution in [3.8, 4) is 0 Å². The van der Waals surface area contributed by atoms with Crippen LogP contribution in [0, 0.1) is 5.92 Å². The summed E-state index contributed by atoms with van der Waals surface area (Å²) in [6.45, 7) is 4.33. The number of unbranched alkanes of at least 4 members (excludes halogenated alkanes) is 4. The van der Waals surface area contributed by atoms with Gasteiger partial charge in [0.2, 0.25) is 0 Å². The van der Waals surface area contributed by atoms with Gasteiger partial charge < -0.3 is 4.74 Å². The number of hydrogen-bond acceptors (Lipinski definition) is 2. The topological polar surface area (TPSA) is 26.3 Å². The lowest BCUT2D eigenvalue weighted by Gasteiger charge is -2.14. The van der Waals surface area contributed by atoms with Crippen molar-refractivity contribution in [3.63, 3.8) is 0 Å². The molecule has 0 saturated heterocycles. The fourth-order valence-corrected chi connectivity index (χ4v) is 1.93. The van der Waals surface area contributed by atoms with E-state index < -0.39 is 0 Å². The molecule has 3 heteroatoms. The van der Waals surface area contributed by atoms with Crippen LogP contribution in [0.2, 0.25) is 0 Å². The van der Waals surface area contributed by atoms with Crippen LogP contribution in [0.3, 0.4) is 0 Å². The monoisotopic (exact) mass is 248 g/mol. The summed E-state index contributed by atoms with van der Waals surface area (Å²) in [4.78, 5) is 11.6. The van der Waals surface area contributed by atoms with Gasteiger partial charge in [-0.2, -0.15) is 0 Å². The molecule has 0 spiro atoms. The summed E-state index contributed by atoms with van der Waals surface area (Å²) in [5.74, 6) is -0.0458. The van der Waals surface area contributed by atoms with E-state index >= 15 is 0 Å². The smallest absolute Gasteiger partial charge is 0.310 e. The van der Waals surface area contributed by atoms with Gasteiger partial charge in [0.25, 0.3) is 0 Å². The molecule has 0 amide bonds. The Morgan fingerprint density at radius 2 is 1.69 bits per heavy atom. The summed E-state index contributed by atoms with van der Waals surface area (Å²) in [6.07, 6.45) is 8.94. The van der Waals surface area contributed by atoms with Gasteiger partial charge in [0, 0.05) is 0 Å². The lowest BCUT2D eigenvalue weighted by Crippen LogP contribution is -2.17. The maximum Gasteiger partial charge on any atom is 0.310 e. The van der Waals surface area contributed by atoms with Crippen LogP contribution in [0.15, 0.2) is 0 Å². The van der Waals surface area contributed by atoms with E-state index in [4.69, 9.17) is 16.3 Å². The highest BCUT2D eigenvalue weighted by Gasteiger charge is 2.18. The molecule has 0 aromatic carbocycles. The Kier molecular flexibility index (Phi) is 11.1. The molecule has 0 saturated carbocycles. The van der Waals surface area contributed by atoms with Gasteiger partial charge in [0.15, 0.2) is 6.07 Å². The Hall–Kier alpha value is -0.240. The lowest BCUT2D eigenvalue weighted by atomic mass is 9.95. The molecule has 0 fully saturated rings. The van der Waals surface area contributed by atoms with E-state index in [0.717, 1.165) is 32.1 Å². The normalized spacial score (nSPS) is 12.4. The van der Waals surface area contributed by atoms with Crippen molar-refractivity contribution in [3.05, 3.63) is 0 Å². The molecular weight excluding hydrogens is 224 g/mol. The van der Waals surface area contributed by atoms with Crippen LogP contribution in [0.25, 0.3) is 0 Å². The van der Waals surface area contributed by atoms with Gasteiger partial charge in [-0.1, -0.05) is 64.0 Å². The fourth-order valence-electron chi connectivity index (χ4n) is 1.82. The summed E-state index contributed by atoms with van der Waals surface area (Å²) in [5.41, 5.74) is 0. The van der Waals surface area contributed by atoms with Crippen LogP contribution in [0.5, 0.6) is 0 Å². The largest absolute Gasteiger partial charge is 0.449 e. The zero-order chi connectivity index (χ0) is 12.2. The number of carbonyl (C=O) groups excluding carboxylic acids is 1. The molecule has 0 aliphatic rings. The van der Waals surface area contributed by atoms with Crippen molar-refractivity contribution < 1.29 is 9.53 Å². The van der Waals surface area contributed by atoms with E-state index in [1.165, 1.54) is 19.3 Å². The van der Waals surface area contributed by atoms with Crippen molar-refractivity contribution in [2.45, 2.75) is 65.2 Å². The zero-order valence-corrected chi connectivity index (χ0v) is 11.4. The standard InChI is InChI=1S/C13H25ClO2/c1-3-5-7-8-10-12(9-6-4-2)13(15)16-11-14/h12H,3-11H2,1-2H3. The molecule has 1 unspecified atom stereocenters. The van der Waals surface area contributed by atoms with Crippen molar-refractivity contribution >= 4 is 17.6 Å². The molecule has 0 aromatic rings. The molecule has 1 atom stereocenters. The Morgan fingerprint density at radius 3 is 2.25 bits per heavy atom. The van der Waals surface area contributed by atoms with Crippen LogP contribution in [0.4, 0.5) is 0 Å². The third-order valence-electron chi connectivity index (χ3n) is 2.84. The van der Waals surface area contributed by atoms with E-state index in [1.54, 1.807) is 0 Å². The Morgan fingerprint density at radius 1 is 1.06 bits per heavy atom. The van der Waals surface area contributed by atoms with E-state index in [-0.39, 0.29) is 18.0 Å². The molecule has 2 nitrogen and oxygen atoms in total. The van der Waals surface area contributed by atoms with Gasteiger partial charge in [0.05, 0.1) is 5.92 Å². The Labute approximate surface area is 105 Å². The third-order valence-corrected chi connectivity index (χ3v) is 2.95. The number of halogens is 1. The van der Waals surface area contributed by atoms with E-state index in [0.29, 0.717) is 0 Å². The van der Waals surface area contributed by atoms with E-state index in [9.17, 15) is 4.79 Å². The zero-order valence-electron chi connectivity index (χ0n) is 10.6. The van der Waals surface area contributed by atoms with Crippen molar-refractivity contribution in [1.29, 1.82) is 0 Å². The number of ether oxygens (including phenoxy) is 1. The minimum atomic E-state index is -0.111. The maximum atomic E-state index is 11.6. The number of rotatable bonds is 10. The Bertz CT molecular complexity index is 171. The lowest BCUT2D eigenvalue weighted by molar-refractivity contribution is -0.147. The summed E-state index contributed by atoms with van der Waals surface area (Å²) < 4.78 is 4.88. The highest BCUT2D eigenvalue weighted by molar-refractivity contribution is 6.17. The van der Waals surface area contributed by atoms with E-state index in [2.05, 4.69) is 13.8 Å².